The van der Waals surface area contributed by atoms with E-state index in [9.17, 15) is 10.1 Å². The molecule has 1 unspecified atom stereocenters. The Morgan fingerprint density at radius 3 is 2.95 bits per heavy atom. The summed E-state index contributed by atoms with van der Waals surface area (Å²) >= 11 is 0. The summed E-state index contributed by atoms with van der Waals surface area (Å²) < 4.78 is 5.56. The molecule has 1 saturated heterocycles. The third-order valence-electron chi connectivity index (χ3n) is 3.45. The van der Waals surface area contributed by atoms with Crippen LogP contribution < -0.4 is 15.4 Å². The lowest BCUT2D eigenvalue weighted by atomic mass is 10.1. The Morgan fingerprint density at radius 1 is 1.43 bits per heavy atom. The summed E-state index contributed by atoms with van der Waals surface area (Å²) in [5, 5.41) is 18.1. The highest BCUT2D eigenvalue weighted by Crippen LogP contribution is 2.36. The van der Waals surface area contributed by atoms with E-state index in [4.69, 9.17) is 4.74 Å². The van der Waals surface area contributed by atoms with E-state index < -0.39 is 0 Å². The predicted molar refractivity (Wildman–Crippen MR) is 83.0 cm³/mol. The minimum absolute atomic E-state index is 0.0236. The summed E-state index contributed by atoms with van der Waals surface area (Å²) in [6.07, 6.45) is 3.19. The van der Waals surface area contributed by atoms with Crippen LogP contribution in [0.15, 0.2) is 18.2 Å². The van der Waals surface area contributed by atoms with Crippen molar-refractivity contribution in [2.45, 2.75) is 45.3 Å². The molecule has 0 bridgehead atoms. The third-order valence-corrected chi connectivity index (χ3v) is 3.45. The Balaban J connectivity index is 2.22. The van der Waals surface area contributed by atoms with Gasteiger partial charge < -0.3 is 15.4 Å². The minimum atomic E-state index is -0.371. The van der Waals surface area contributed by atoms with Crippen LogP contribution in [0, 0.1) is 10.1 Å². The van der Waals surface area contributed by atoms with Crippen LogP contribution in [-0.2, 0) is 0 Å². The molecule has 1 atom stereocenters. The zero-order valence-corrected chi connectivity index (χ0v) is 12.6. The molecule has 2 rings (SSSR count). The van der Waals surface area contributed by atoms with Gasteiger partial charge >= 0.3 is 5.69 Å². The molecule has 1 heterocycles. The van der Waals surface area contributed by atoms with Crippen molar-refractivity contribution in [1.29, 1.82) is 0 Å². The first kappa shape index (κ1) is 15.6. The summed E-state index contributed by atoms with van der Waals surface area (Å²) in [6.45, 7) is 5.56. The van der Waals surface area contributed by atoms with Gasteiger partial charge in [-0.15, -0.1) is 0 Å². The van der Waals surface area contributed by atoms with E-state index in [0.29, 0.717) is 11.4 Å². The average Bonchev–Trinajstić information content (AvgIpc) is 2.66. The first-order valence-corrected chi connectivity index (χ1v) is 7.49. The summed E-state index contributed by atoms with van der Waals surface area (Å²) in [6, 6.07) is 5.39. The maximum atomic E-state index is 11.4. The highest BCUT2D eigenvalue weighted by molar-refractivity contribution is 5.68. The third kappa shape index (κ3) is 4.32. The van der Waals surface area contributed by atoms with E-state index in [1.807, 2.05) is 13.8 Å². The number of ether oxygens (including phenoxy) is 1. The molecule has 0 aliphatic carbocycles. The van der Waals surface area contributed by atoms with Gasteiger partial charge in [0.05, 0.1) is 11.0 Å². The van der Waals surface area contributed by atoms with Crippen LogP contribution in [0.25, 0.3) is 0 Å². The highest BCUT2D eigenvalue weighted by Gasteiger charge is 2.23. The molecule has 0 aromatic heterocycles. The fourth-order valence-electron chi connectivity index (χ4n) is 2.54. The second-order valence-electron chi connectivity index (χ2n) is 5.62. The number of anilines is 1. The maximum absolute atomic E-state index is 11.4. The number of para-hydroxylation sites is 1. The van der Waals surface area contributed by atoms with Crippen molar-refractivity contribution in [1.82, 2.24) is 5.32 Å². The van der Waals surface area contributed by atoms with Crippen molar-refractivity contribution >= 4 is 11.4 Å². The number of hydrogen-bond acceptors (Lipinski definition) is 5. The largest absolute Gasteiger partial charge is 0.484 e. The van der Waals surface area contributed by atoms with Crippen LogP contribution in [0.4, 0.5) is 11.4 Å². The van der Waals surface area contributed by atoms with Crippen molar-refractivity contribution in [3.63, 3.8) is 0 Å². The number of nitro benzene ring substituents is 1. The molecule has 21 heavy (non-hydrogen) atoms. The van der Waals surface area contributed by atoms with Gasteiger partial charge in [-0.05, 0) is 45.4 Å². The lowest BCUT2D eigenvalue weighted by molar-refractivity contribution is -0.385. The monoisotopic (exact) mass is 293 g/mol. The molecular formula is C15H23N3O3. The standard InChI is InChI=1S/C15H23N3O3/c1-11(2)21-14-8-5-7-13(15(14)18(19)20)17-12-6-3-4-9-16-10-12/h5,7-8,11-12,16-17H,3-4,6,9-10H2,1-2H3. The molecule has 6 nitrogen and oxygen atoms in total. The van der Waals surface area contributed by atoms with E-state index in [1.54, 1.807) is 18.2 Å². The topological polar surface area (TPSA) is 76.4 Å². The molecular weight excluding hydrogens is 270 g/mol. The van der Waals surface area contributed by atoms with Crippen LogP contribution in [-0.4, -0.2) is 30.2 Å². The Kier molecular flexibility index (Phi) is 5.38. The summed E-state index contributed by atoms with van der Waals surface area (Å²) in [5.74, 6) is 0.321. The van der Waals surface area contributed by atoms with Crippen molar-refractivity contribution in [3.05, 3.63) is 28.3 Å². The highest BCUT2D eigenvalue weighted by atomic mass is 16.6. The van der Waals surface area contributed by atoms with Crippen LogP contribution in [0.2, 0.25) is 0 Å². The molecule has 1 fully saturated rings. The second-order valence-corrected chi connectivity index (χ2v) is 5.62. The van der Waals surface area contributed by atoms with Crippen molar-refractivity contribution < 1.29 is 9.66 Å². The fraction of sp³-hybridized carbons (Fsp3) is 0.600. The van der Waals surface area contributed by atoms with Crippen LogP contribution in [0.5, 0.6) is 5.75 Å². The molecule has 0 radical (unpaired) electrons. The van der Waals surface area contributed by atoms with E-state index in [-0.39, 0.29) is 22.8 Å². The molecule has 0 saturated carbocycles. The van der Waals surface area contributed by atoms with Gasteiger partial charge in [0.25, 0.3) is 0 Å². The lowest BCUT2D eigenvalue weighted by Gasteiger charge is -2.19. The van der Waals surface area contributed by atoms with Crippen molar-refractivity contribution in [2.24, 2.45) is 0 Å². The molecule has 1 aliphatic rings. The van der Waals surface area contributed by atoms with Gasteiger partial charge in [0.2, 0.25) is 0 Å². The van der Waals surface area contributed by atoms with E-state index in [2.05, 4.69) is 10.6 Å². The first-order chi connectivity index (χ1) is 10.1. The molecule has 1 aliphatic heterocycles. The van der Waals surface area contributed by atoms with Gasteiger partial charge in [-0.25, -0.2) is 0 Å². The Labute approximate surface area is 125 Å². The van der Waals surface area contributed by atoms with E-state index in [1.165, 1.54) is 0 Å². The molecule has 1 aromatic rings. The maximum Gasteiger partial charge on any atom is 0.333 e. The molecule has 6 heteroatoms. The lowest BCUT2D eigenvalue weighted by Crippen LogP contribution is -2.31. The normalized spacial score (nSPS) is 19.1. The van der Waals surface area contributed by atoms with Gasteiger partial charge in [-0.1, -0.05) is 12.5 Å². The zero-order valence-electron chi connectivity index (χ0n) is 12.6. The predicted octanol–water partition coefficient (Wildman–Crippen LogP) is 2.94. The Hall–Kier alpha value is -1.82. The van der Waals surface area contributed by atoms with Gasteiger partial charge in [0.15, 0.2) is 5.75 Å². The number of nitro groups is 1. The number of nitrogens with one attached hydrogen (secondary N) is 2. The summed E-state index contributed by atoms with van der Waals surface area (Å²) in [5.41, 5.74) is 0.558. The number of rotatable bonds is 5. The first-order valence-electron chi connectivity index (χ1n) is 7.49. The zero-order chi connectivity index (χ0) is 15.2. The molecule has 2 N–H and O–H groups in total. The molecule has 0 amide bonds. The fourth-order valence-corrected chi connectivity index (χ4v) is 2.54. The van der Waals surface area contributed by atoms with Crippen LogP contribution in [0.3, 0.4) is 0 Å². The van der Waals surface area contributed by atoms with Gasteiger partial charge in [-0.3, -0.25) is 10.1 Å². The van der Waals surface area contributed by atoms with E-state index >= 15 is 0 Å². The van der Waals surface area contributed by atoms with Crippen molar-refractivity contribution in [3.8, 4) is 5.75 Å². The molecule has 1 aromatic carbocycles. The average molecular weight is 293 g/mol. The van der Waals surface area contributed by atoms with Gasteiger partial charge in [-0.2, -0.15) is 0 Å². The van der Waals surface area contributed by atoms with E-state index in [0.717, 1.165) is 32.4 Å². The summed E-state index contributed by atoms with van der Waals surface area (Å²) in [7, 11) is 0. The SMILES string of the molecule is CC(C)Oc1cccc(NC2CCCCNC2)c1[N+](=O)[O-]. The number of hydrogen-bond donors (Lipinski definition) is 2. The van der Waals surface area contributed by atoms with Gasteiger partial charge in [0, 0.05) is 12.6 Å². The van der Waals surface area contributed by atoms with Crippen LogP contribution in [0.1, 0.15) is 33.1 Å². The Bertz CT molecular complexity index is 483. The van der Waals surface area contributed by atoms with Crippen molar-refractivity contribution in [2.75, 3.05) is 18.4 Å². The summed E-state index contributed by atoms with van der Waals surface area (Å²) in [4.78, 5) is 11.0. The second kappa shape index (κ2) is 7.26. The molecule has 116 valence electrons. The molecule has 0 spiro atoms. The minimum Gasteiger partial charge on any atom is -0.484 e. The smallest absolute Gasteiger partial charge is 0.333 e. The number of nitrogens with zero attached hydrogens (tertiary/aromatic N) is 1. The van der Waals surface area contributed by atoms with Crippen LogP contribution >= 0.6 is 0 Å². The quantitative estimate of drug-likeness (QED) is 0.645. The Morgan fingerprint density at radius 2 is 2.24 bits per heavy atom. The number of benzene rings is 1. The van der Waals surface area contributed by atoms with Gasteiger partial charge in [0.1, 0.15) is 5.69 Å².